The summed E-state index contributed by atoms with van der Waals surface area (Å²) < 4.78 is 77.3. The molecular formula is C38H49Br3F3NO11S. The number of rotatable bonds is 7. The average molecular weight is 1020 g/mol. The third-order valence-electron chi connectivity index (χ3n) is 7.71. The van der Waals surface area contributed by atoms with E-state index in [1.165, 1.54) is 18.2 Å². The number of ether oxygens (including phenoxy) is 1. The molecule has 3 saturated carbocycles. The monoisotopic (exact) mass is 1020 g/mol. The Kier molecular flexibility index (Phi) is 24.2. The zero-order chi connectivity index (χ0) is 43.1. The van der Waals surface area contributed by atoms with Crippen LogP contribution in [0, 0.1) is 35.2 Å². The van der Waals surface area contributed by atoms with E-state index in [9.17, 15) is 27.6 Å². The van der Waals surface area contributed by atoms with Gasteiger partial charge in [-0.05, 0) is 158 Å². The van der Waals surface area contributed by atoms with Gasteiger partial charge in [0.05, 0.1) is 37.8 Å². The van der Waals surface area contributed by atoms with Crippen molar-refractivity contribution >= 4 is 76.1 Å². The maximum Gasteiger partial charge on any atom is 0.394 e. The van der Waals surface area contributed by atoms with Gasteiger partial charge >= 0.3 is 28.3 Å². The van der Waals surface area contributed by atoms with Gasteiger partial charge in [-0.1, -0.05) is 39.5 Å². The average Bonchev–Trinajstić information content (AvgIpc) is 3.94. The van der Waals surface area contributed by atoms with Crippen LogP contribution in [-0.2, 0) is 29.5 Å². The third kappa shape index (κ3) is 21.1. The van der Waals surface area contributed by atoms with E-state index >= 15 is 0 Å². The normalized spacial score (nSPS) is 20.5. The number of esters is 1. The second-order valence-corrected chi connectivity index (χ2v) is 16.3. The molecule has 12 nitrogen and oxygen atoms in total. The van der Waals surface area contributed by atoms with Gasteiger partial charge in [-0.3, -0.25) is 23.5 Å². The SMILES string of the molecule is C.CC(C)N.CCO.CCOC(=O)[C@H]1C[C@@H]1c1ccc(Br)c(F)c1.O=C(O)[C@H]1CC1c1ccc(Br)c(F)c1.O=C(O)[C@H]1C[C@@H]1c1ccc(Br)c(F)c1.O=S(=O)(O)O. The first-order chi connectivity index (χ1) is 26.0. The fraction of sp³-hybridized carbons (Fsp3) is 0.447. The van der Waals surface area contributed by atoms with Crippen molar-refractivity contribution in [3.8, 4) is 0 Å². The molecule has 7 N–H and O–H groups in total. The molecule has 57 heavy (non-hydrogen) atoms. The molecule has 0 radical (unpaired) electrons. The maximum atomic E-state index is 13.3. The molecule has 3 aliphatic rings. The lowest BCUT2D eigenvalue weighted by atomic mass is 10.1. The first kappa shape index (κ1) is 54.1. The first-order valence-electron chi connectivity index (χ1n) is 17.0. The molecule has 3 fully saturated rings. The minimum Gasteiger partial charge on any atom is -0.481 e. The molecule has 0 spiro atoms. The van der Waals surface area contributed by atoms with Crippen LogP contribution in [0.1, 0.15) is 88.8 Å². The molecule has 19 heteroatoms. The summed E-state index contributed by atoms with van der Waals surface area (Å²) >= 11 is 9.20. The minimum absolute atomic E-state index is 0. The summed E-state index contributed by atoms with van der Waals surface area (Å²) in [4.78, 5) is 32.6. The smallest absolute Gasteiger partial charge is 0.394 e. The summed E-state index contributed by atoms with van der Waals surface area (Å²) in [5.41, 5.74) is 7.54. The van der Waals surface area contributed by atoms with E-state index in [1.807, 2.05) is 19.9 Å². The lowest BCUT2D eigenvalue weighted by Crippen LogP contribution is -2.07. The molecule has 320 valence electrons. The van der Waals surface area contributed by atoms with E-state index in [0.29, 0.717) is 38.9 Å². The number of carboxylic acids is 2. The van der Waals surface area contributed by atoms with Crippen molar-refractivity contribution in [2.24, 2.45) is 23.5 Å². The number of nitrogens with two attached hydrogens (primary N) is 1. The highest BCUT2D eigenvalue weighted by Crippen LogP contribution is 2.49. The maximum absolute atomic E-state index is 13.3. The van der Waals surface area contributed by atoms with Crippen molar-refractivity contribution in [1.82, 2.24) is 0 Å². The van der Waals surface area contributed by atoms with E-state index in [2.05, 4.69) is 47.8 Å². The highest BCUT2D eigenvalue weighted by atomic mass is 79.9. The van der Waals surface area contributed by atoms with Gasteiger partial charge in [-0.25, -0.2) is 13.2 Å². The molecule has 0 heterocycles. The number of aliphatic hydroxyl groups is 1. The molecule has 3 aliphatic carbocycles. The third-order valence-corrected chi connectivity index (χ3v) is 9.64. The zero-order valence-electron chi connectivity index (χ0n) is 30.7. The number of hydrogen-bond donors (Lipinski definition) is 6. The molecule has 6 rings (SSSR count). The highest BCUT2D eigenvalue weighted by Gasteiger charge is 2.46. The summed E-state index contributed by atoms with van der Waals surface area (Å²) in [6, 6.07) is 14.9. The van der Waals surface area contributed by atoms with Gasteiger partial charge in [-0.2, -0.15) is 8.42 Å². The molecule has 0 amide bonds. The Balaban J connectivity index is 0.000000718. The van der Waals surface area contributed by atoms with Crippen molar-refractivity contribution in [2.45, 2.75) is 78.2 Å². The molecule has 0 saturated heterocycles. The number of aliphatic carboxylic acids is 2. The lowest BCUT2D eigenvalue weighted by Gasteiger charge is -2.02. The van der Waals surface area contributed by atoms with Crippen LogP contribution >= 0.6 is 47.8 Å². The Morgan fingerprint density at radius 1 is 0.719 bits per heavy atom. The van der Waals surface area contributed by atoms with Crippen molar-refractivity contribution in [3.05, 3.63) is 102 Å². The summed E-state index contributed by atoms with van der Waals surface area (Å²) in [5.74, 6) is -3.32. The fourth-order valence-corrected chi connectivity index (χ4v) is 5.71. The molecule has 0 aromatic heterocycles. The van der Waals surface area contributed by atoms with Crippen LogP contribution in [0.15, 0.2) is 68.0 Å². The van der Waals surface area contributed by atoms with Gasteiger partial charge in [0, 0.05) is 6.61 Å². The van der Waals surface area contributed by atoms with Crippen LogP contribution in [0.3, 0.4) is 0 Å². The van der Waals surface area contributed by atoms with Gasteiger partial charge in [0.25, 0.3) is 0 Å². The Hall–Kier alpha value is -2.91. The van der Waals surface area contributed by atoms with Crippen LogP contribution in [-0.4, -0.2) is 70.0 Å². The van der Waals surface area contributed by atoms with E-state index in [1.54, 1.807) is 44.2 Å². The Labute approximate surface area is 356 Å². The molecule has 0 aliphatic heterocycles. The van der Waals surface area contributed by atoms with E-state index in [-0.39, 0.29) is 73.0 Å². The van der Waals surface area contributed by atoms with Gasteiger partial charge in [-0.15, -0.1) is 0 Å². The molecule has 3 aromatic rings. The van der Waals surface area contributed by atoms with Crippen LogP contribution < -0.4 is 5.73 Å². The summed E-state index contributed by atoms with van der Waals surface area (Å²) in [6.45, 7) is 8.01. The van der Waals surface area contributed by atoms with Gasteiger partial charge in [0.1, 0.15) is 17.5 Å². The second-order valence-electron chi connectivity index (χ2n) is 12.8. The Morgan fingerprint density at radius 2 is 0.965 bits per heavy atom. The first-order valence-corrected chi connectivity index (χ1v) is 20.8. The van der Waals surface area contributed by atoms with Crippen LogP contribution in [0.4, 0.5) is 13.2 Å². The zero-order valence-corrected chi connectivity index (χ0v) is 36.3. The van der Waals surface area contributed by atoms with Crippen molar-refractivity contribution in [1.29, 1.82) is 0 Å². The van der Waals surface area contributed by atoms with E-state index in [0.717, 1.165) is 23.1 Å². The molecule has 6 atom stereocenters. The van der Waals surface area contributed by atoms with Crippen molar-refractivity contribution in [2.75, 3.05) is 13.2 Å². The molecule has 1 unspecified atom stereocenters. The van der Waals surface area contributed by atoms with Crippen LogP contribution in [0.25, 0.3) is 0 Å². The predicted molar refractivity (Wildman–Crippen MR) is 220 cm³/mol. The number of carbonyl (C=O) groups is 3. The largest absolute Gasteiger partial charge is 0.481 e. The van der Waals surface area contributed by atoms with Crippen LogP contribution in [0.2, 0.25) is 0 Å². The Bertz CT molecular complexity index is 1800. The number of aliphatic hydroxyl groups excluding tert-OH is 1. The van der Waals surface area contributed by atoms with E-state index in [4.69, 9.17) is 43.3 Å². The molecule has 3 aromatic carbocycles. The summed E-state index contributed by atoms with van der Waals surface area (Å²) in [6.07, 6.45) is 2.01. The summed E-state index contributed by atoms with van der Waals surface area (Å²) in [5, 5.41) is 25.0. The van der Waals surface area contributed by atoms with Crippen LogP contribution in [0.5, 0.6) is 0 Å². The highest BCUT2D eigenvalue weighted by molar-refractivity contribution is 9.11. The molecular weight excluding hydrogens is 975 g/mol. The van der Waals surface area contributed by atoms with E-state index < -0.39 is 22.3 Å². The topological polar surface area (TPSA) is 222 Å². The van der Waals surface area contributed by atoms with Crippen molar-refractivity contribution < 1.29 is 65.1 Å². The molecule has 0 bridgehead atoms. The number of carboxylic acid groups (broad SMARTS) is 2. The number of benzene rings is 3. The van der Waals surface area contributed by atoms with Gasteiger partial charge in [0.15, 0.2) is 0 Å². The van der Waals surface area contributed by atoms with Gasteiger partial charge < -0.3 is 25.8 Å². The lowest BCUT2D eigenvalue weighted by molar-refractivity contribution is -0.145. The predicted octanol–water partition coefficient (Wildman–Crippen LogP) is 9.14. The fourth-order valence-electron chi connectivity index (χ4n) is 4.97. The number of halogens is 6. The Morgan fingerprint density at radius 3 is 1.18 bits per heavy atom. The van der Waals surface area contributed by atoms with Gasteiger partial charge in [0.2, 0.25) is 0 Å². The summed E-state index contributed by atoms with van der Waals surface area (Å²) in [7, 11) is -4.67. The number of carbonyl (C=O) groups excluding carboxylic acids is 1. The second kappa shape index (κ2) is 25.5. The number of hydrogen-bond acceptors (Lipinski definition) is 8. The standard InChI is InChI=1S/C12H12BrFO2.2C10H8BrFO2.C3H9N.C2H6O.CH4.H2O4S/c1-2-16-12(15)9-6-8(9)7-3-4-10(13)11(14)5-7;2*11-8-2-1-5(3-9(8)12)6-4-7(6)10(13)14;1-3(2)4;1-2-3;;1-5(2,3)4/h3-5,8-9H,2,6H2,1H3;2*1-3,6-7H,4H2,(H,13,14);3H,4H2,1-2H3;3H,2H2,1H3;1H4;(H2,1,2,3,4)/t8-,9+;6?,7-;6-,7+;;;;/m101..../s1. The minimum atomic E-state index is -4.67. The van der Waals surface area contributed by atoms with Crippen molar-refractivity contribution in [3.63, 3.8) is 0 Å². The quantitative estimate of drug-likeness (QED) is 0.0964.